The molecule has 9 nitrogen and oxygen atoms in total. The zero-order valence-electron chi connectivity index (χ0n) is 17.2. The van der Waals surface area contributed by atoms with Crippen LogP contribution in [-0.2, 0) is 4.79 Å². The van der Waals surface area contributed by atoms with Gasteiger partial charge in [0.2, 0.25) is 11.9 Å². The van der Waals surface area contributed by atoms with E-state index in [2.05, 4.69) is 36.6 Å². The molecule has 0 unspecified atom stereocenters. The lowest BCUT2D eigenvalue weighted by molar-refractivity contribution is -0.117. The van der Waals surface area contributed by atoms with Crippen LogP contribution in [0.5, 0.6) is 0 Å². The van der Waals surface area contributed by atoms with Crippen LogP contribution < -0.4 is 15.5 Å². The molecular weight excluding hydrogens is 392 g/mol. The molecule has 0 bridgehead atoms. The molecule has 0 atom stereocenters. The minimum absolute atomic E-state index is 0.134. The van der Waals surface area contributed by atoms with Crippen molar-refractivity contribution in [3.05, 3.63) is 30.1 Å². The van der Waals surface area contributed by atoms with Crippen molar-refractivity contribution in [2.24, 2.45) is 0 Å². The standard InChI is InChI=1S/C22H24N8O/c23-11-14-12-25-20-19(14)21(26-15-5-2-1-3-6-15)29-22(28-20)27-17-9-8-16(13-24-17)30-10-4-7-18(30)31/h8-9,12-13,15H,1-7,10H2,(H3,24,25,26,27,28,29). The van der Waals surface area contributed by atoms with Gasteiger partial charge in [-0.2, -0.15) is 15.2 Å². The number of nitrogens with one attached hydrogen (secondary N) is 3. The number of hydrogen-bond acceptors (Lipinski definition) is 7. The Hall–Kier alpha value is -3.67. The topological polar surface area (TPSA) is 123 Å². The molecule has 2 aliphatic rings. The Labute approximate surface area is 179 Å². The number of hydrogen-bond donors (Lipinski definition) is 3. The fourth-order valence-electron chi connectivity index (χ4n) is 4.38. The van der Waals surface area contributed by atoms with Crippen LogP contribution in [-0.4, -0.2) is 38.4 Å². The van der Waals surface area contributed by atoms with E-state index in [0.717, 1.165) is 36.9 Å². The van der Waals surface area contributed by atoms with Gasteiger partial charge in [-0.15, -0.1) is 0 Å². The Bertz CT molecular complexity index is 1140. The number of nitrogens with zero attached hydrogens (tertiary/aromatic N) is 5. The maximum absolute atomic E-state index is 11.9. The third-order valence-corrected chi connectivity index (χ3v) is 5.97. The molecule has 3 aromatic heterocycles. The molecule has 0 aromatic carbocycles. The average molecular weight is 416 g/mol. The summed E-state index contributed by atoms with van der Waals surface area (Å²) in [5.74, 6) is 1.78. The highest BCUT2D eigenvalue weighted by Gasteiger charge is 2.22. The molecule has 9 heteroatoms. The molecule has 1 aliphatic heterocycles. The van der Waals surface area contributed by atoms with Crippen LogP contribution in [0, 0.1) is 11.3 Å². The number of rotatable bonds is 5. The van der Waals surface area contributed by atoms with Crippen molar-refractivity contribution in [3.63, 3.8) is 0 Å². The maximum Gasteiger partial charge on any atom is 0.232 e. The van der Waals surface area contributed by atoms with Crippen molar-refractivity contribution >= 4 is 40.2 Å². The van der Waals surface area contributed by atoms with Gasteiger partial charge in [0.1, 0.15) is 23.4 Å². The molecule has 1 amide bonds. The molecule has 0 spiro atoms. The molecule has 0 radical (unpaired) electrons. The summed E-state index contributed by atoms with van der Waals surface area (Å²) < 4.78 is 0. The molecule has 5 rings (SSSR count). The minimum Gasteiger partial charge on any atom is -0.367 e. The molecule has 3 aromatic rings. The number of amides is 1. The highest BCUT2D eigenvalue weighted by molar-refractivity contribution is 5.95. The van der Waals surface area contributed by atoms with Crippen LogP contribution in [0.3, 0.4) is 0 Å². The first-order valence-corrected chi connectivity index (χ1v) is 10.8. The van der Waals surface area contributed by atoms with Gasteiger partial charge in [0.25, 0.3) is 0 Å². The number of aromatic nitrogens is 4. The third kappa shape index (κ3) is 3.89. The van der Waals surface area contributed by atoms with Gasteiger partial charge in [-0.25, -0.2) is 4.98 Å². The number of fused-ring (bicyclic) bond motifs is 1. The smallest absolute Gasteiger partial charge is 0.232 e. The fraction of sp³-hybridized carbons (Fsp3) is 0.409. The van der Waals surface area contributed by atoms with Crippen molar-refractivity contribution in [2.45, 2.75) is 51.0 Å². The molecule has 31 heavy (non-hydrogen) atoms. The molecule has 1 saturated heterocycles. The Morgan fingerprint density at radius 2 is 2.03 bits per heavy atom. The van der Waals surface area contributed by atoms with Gasteiger partial charge in [-0.3, -0.25) is 4.79 Å². The van der Waals surface area contributed by atoms with E-state index in [1.165, 1.54) is 19.3 Å². The van der Waals surface area contributed by atoms with Gasteiger partial charge in [0.15, 0.2) is 0 Å². The highest BCUT2D eigenvalue weighted by atomic mass is 16.2. The molecule has 4 heterocycles. The van der Waals surface area contributed by atoms with Gasteiger partial charge in [-0.1, -0.05) is 19.3 Å². The lowest BCUT2D eigenvalue weighted by atomic mass is 9.95. The van der Waals surface area contributed by atoms with E-state index in [9.17, 15) is 10.1 Å². The third-order valence-electron chi connectivity index (χ3n) is 5.97. The monoisotopic (exact) mass is 416 g/mol. The second-order valence-electron chi connectivity index (χ2n) is 8.09. The van der Waals surface area contributed by atoms with Crippen LogP contribution in [0.15, 0.2) is 24.5 Å². The van der Waals surface area contributed by atoms with Gasteiger partial charge >= 0.3 is 0 Å². The highest BCUT2D eigenvalue weighted by Crippen LogP contribution is 2.29. The summed E-state index contributed by atoms with van der Waals surface area (Å²) in [7, 11) is 0. The minimum atomic E-state index is 0.134. The predicted octanol–water partition coefficient (Wildman–Crippen LogP) is 3.84. The van der Waals surface area contributed by atoms with Gasteiger partial charge < -0.3 is 20.5 Å². The van der Waals surface area contributed by atoms with Crippen LogP contribution >= 0.6 is 0 Å². The number of carbonyl (C=O) groups excluding carboxylic acids is 1. The van der Waals surface area contributed by atoms with Crippen molar-refractivity contribution in [1.29, 1.82) is 5.26 Å². The summed E-state index contributed by atoms with van der Waals surface area (Å²) in [6.07, 6.45) is 10.7. The Balaban J connectivity index is 1.41. The van der Waals surface area contributed by atoms with Crippen LogP contribution in [0.25, 0.3) is 11.0 Å². The van der Waals surface area contributed by atoms with Crippen LogP contribution in [0.2, 0.25) is 0 Å². The fourth-order valence-corrected chi connectivity index (χ4v) is 4.38. The number of anilines is 4. The molecule has 2 fully saturated rings. The average Bonchev–Trinajstić information content (AvgIpc) is 3.41. The van der Waals surface area contributed by atoms with E-state index < -0.39 is 0 Å². The second-order valence-corrected chi connectivity index (χ2v) is 8.09. The quantitative estimate of drug-likeness (QED) is 0.577. The first-order valence-electron chi connectivity index (χ1n) is 10.8. The summed E-state index contributed by atoms with van der Waals surface area (Å²) in [5.41, 5.74) is 1.93. The molecule has 1 saturated carbocycles. The van der Waals surface area contributed by atoms with Crippen molar-refractivity contribution < 1.29 is 4.79 Å². The van der Waals surface area contributed by atoms with E-state index in [1.807, 2.05) is 12.1 Å². The van der Waals surface area contributed by atoms with E-state index in [0.29, 0.717) is 41.3 Å². The van der Waals surface area contributed by atoms with Gasteiger partial charge in [0.05, 0.1) is 22.8 Å². The lowest BCUT2D eigenvalue weighted by Crippen LogP contribution is -2.23. The SMILES string of the molecule is N#Cc1c[nH]c2nc(Nc3ccc(N4CCCC4=O)cn3)nc(NC3CCCCC3)c12. The van der Waals surface area contributed by atoms with E-state index >= 15 is 0 Å². The van der Waals surface area contributed by atoms with Crippen molar-refractivity contribution in [2.75, 3.05) is 22.1 Å². The van der Waals surface area contributed by atoms with Crippen molar-refractivity contribution in [3.8, 4) is 6.07 Å². The van der Waals surface area contributed by atoms with E-state index in [1.54, 1.807) is 17.3 Å². The molecule has 158 valence electrons. The molecule has 1 aliphatic carbocycles. The zero-order valence-corrected chi connectivity index (χ0v) is 17.2. The van der Waals surface area contributed by atoms with Crippen molar-refractivity contribution in [1.82, 2.24) is 19.9 Å². The van der Waals surface area contributed by atoms with E-state index in [-0.39, 0.29) is 5.91 Å². The summed E-state index contributed by atoms with van der Waals surface area (Å²) in [5, 5.41) is 16.9. The Kier molecular flexibility index (Phi) is 5.12. The Morgan fingerprint density at radius 1 is 1.16 bits per heavy atom. The maximum atomic E-state index is 11.9. The molecule has 3 N–H and O–H groups in total. The first-order chi connectivity index (χ1) is 15.2. The number of pyridine rings is 1. The summed E-state index contributed by atoms with van der Waals surface area (Å²) in [6.45, 7) is 0.733. The zero-order chi connectivity index (χ0) is 21.2. The normalized spacial score (nSPS) is 17.1. The number of nitriles is 1. The first kappa shape index (κ1) is 19.3. The predicted molar refractivity (Wildman–Crippen MR) is 118 cm³/mol. The number of aromatic amines is 1. The lowest BCUT2D eigenvalue weighted by Gasteiger charge is -2.23. The largest absolute Gasteiger partial charge is 0.367 e. The number of carbonyl (C=O) groups is 1. The van der Waals surface area contributed by atoms with E-state index in [4.69, 9.17) is 0 Å². The van der Waals surface area contributed by atoms with Gasteiger partial charge in [-0.05, 0) is 31.4 Å². The molecular formula is C22H24N8O. The van der Waals surface area contributed by atoms with Gasteiger partial charge in [0, 0.05) is 25.2 Å². The second kappa shape index (κ2) is 8.22. The summed E-state index contributed by atoms with van der Waals surface area (Å²) in [6, 6.07) is 6.25. The summed E-state index contributed by atoms with van der Waals surface area (Å²) in [4.78, 5) is 30.4. The summed E-state index contributed by atoms with van der Waals surface area (Å²) >= 11 is 0. The Morgan fingerprint density at radius 3 is 2.74 bits per heavy atom. The van der Waals surface area contributed by atoms with Crippen LogP contribution in [0.1, 0.15) is 50.5 Å². The number of H-pyrrole nitrogens is 1. The van der Waals surface area contributed by atoms with Crippen LogP contribution in [0.4, 0.5) is 23.3 Å².